The standard InChI is InChI=1S/C21H27N3O5S/c1-3-22-19-8-7-18(30(26,27)24-9-11-28-12-10-24)14-20(19)23-21(25)15-29-17-6-4-5-16(2)13-17/h4-8,13-14,22H,3,9-12,15H2,1-2H3,(H,23,25). The number of hydrogen-bond acceptors (Lipinski definition) is 6. The van der Waals surface area contributed by atoms with Gasteiger partial charge >= 0.3 is 0 Å². The zero-order chi connectivity index (χ0) is 21.6. The van der Waals surface area contributed by atoms with Crippen molar-refractivity contribution >= 4 is 27.3 Å². The summed E-state index contributed by atoms with van der Waals surface area (Å²) in [4.78, 5) is 12.6. The molecule has 162 valence electrons. The van der Waals surface area contributed by atoms with E-state index < -0.39 is 10.0 Å². The van der Waals surface area contributed by atoms with Crippen LogP contribution in [-0.4, -0.2) is 58.1 Å². The highest BCUT2D eigenvalue weighted by Gasteiger charge is 2.27. The summed E-state index contributed by atoms with van der Waals surface area (Å²) in [7, 11) is -3.67. The fourth-order valence-corrected chi connectivity index (χ4v) is 4.54. The molecule has 1 aliphatic rings. The number of benzene rings is 2. The van der Waals surface area contributed by atoms with Crippen LogP contribution < -0.4 is 15.4 Å². The fraction of sp³-hybridized carbons (Fsp3) is 0.381. The number of carbonyl (C=O) groups excluding carboxylic acids is 1. The molecule has 1 amide bonds. The zero-order valence-electron chi connectivity index (χ0n) is 17.2. The van der Waals surface area contributed by atoms with E-state index in [0.29, 0.717) is 50.0 Å². The van der Waals surface area contributed by atoms with E-state index in [1.54, 1.807) is 18.2 Å². The minimum Gasteiger partial charge on any atom is -0.484 e. The number of carbonyl (C=O) groups is 1. The molecule has 0 atom stereocenters. The molecule has 1 heterocycles. The Morgan fingerprint density at radius 3 is 2.60 bits per heavy atom. The van der Waals surface area contributed by atoms with Gasteiger partial charge < -0.3 is 20.1 Å². The Morgan fingerprint density at radius 2 is 1.90 bits per heavy atom. The minimum absolute atomic E-state index is 0.126. The van der Waals surface area contributed by atoms with Gasteiger partial charge in [0, 0.05) is 19.6 Å². The van der Waals surface area contributed by atoms with Crippen LogP contribution in [0.15, 0.2) is 47.4 Å². The van der Waals surface area contributed by atoms with Gasteiger partial charge in [-0.3, -0.25) is 4.79 Å². The molecule has 30 heavy (non-hydrogen) atoms. The maximum atomic E-state index is 12.9. The summed E-state index contributed by atoms with van der Waals surface area (Å²) in [5.74, 6) is 0.220. The lowest BCUT2D eigenvalue weighted by Crippen LogP contribution is -2.40. The molecule has 3 rings (SSSR count). The van der Waals surface area contributed by atoms with Crippen LogP contribution in [0, 0.1) is 6.92 Å². The molecule has 0 radical (unpaired) electrons. The van der Waals surface area contributed by atoms with Crippen molar-refractivity contribution in [3.63, 3.8) is 0 Å². The third kappa shape index (κ3) is 5.50. The summed E-state index contributed by atoms with van der Waals surface area (Å²) in [6.45, 7) is 5.66. The molecule has 8 nitrogen and oxygen atoms in total. The van der Waals surface area contributed by atoms with E-state index in [0.717, 1.165) is 5.56 Å². The van der Waals surface area contributed by atoms with Gasteiger partial charge in [0.2, 0.25) is 10.0 Å². The van der Waals surface area contributed by atoms with Gasteiger partial charge in [-0.15, -0.1) is 0 Å². The van der Waals surface area contributed by atoms with Crippen LogP contribution in [0.25, 0.3) is 0 Å². The SMILES string of the molecule is CCNc1ccc(S(=O)(=O)N2CCOCC2)cc1NC(=O)COc1cccc(C)c1. The molecule has 2 N–H and O–H groups in total. The summed E-state index contributed by atoms with van der Waals surface area (Å²) in [6, 6.07) is 12.1. The number of sulfonamides is 1. The molecule has 0 spiro atoms. The normalized spacial score (nSPS) is 14.9. The maximum Gasteiger partial charge on any atom is 0.262 e. The predicted molar refractivity (Wildman–Crippen MR) is 115 cm³/mol. The molecule has 1 fully saturated rings. The van der Waals surface area contributed by atoms with Crippen molar-refractivity contribution in [2.45, 2.75) is 18.7 Å². The van der Waals surface area contributed by atoms with Crippen LogP contribution in [0.2, 0.25) is 0 Å². The molecule has 0 saturated carbocycles. The van der Waals surface area contributed by atoms with Crippen LogP contribution >= 0.6 is 0 Å². The zero-order valence-corrected chi connectivity index (χ0v) is 18.0. The number of rotatable bonds is 8. The summed E-state index contributed by atoms with van der Waals surface area (Å²) in [6.07, 6.45) is 0. The molecule has 2 aromatic carbocycles. The molecular formula is C21H27N3O5S. The first-order valence-corrected chi connectivity index (χ1v) is 11.3. The second-order valence-corrected chi connectivity index (χ2v) is 8.85. The highest BCUT2D eigenvalue weighted by Crippen LogP contribution is 2.27. The molecule has 0 bridgehead atoms. The van der Waals surface area contributed by atoms with E-state index in [2.05, 4.69) is 10.6 Å². The van der Waals surface area contributed by atoms with Gasteiger partial charge in [0.15, 0.2) is 6.61 Å². The smallest absolute Gasteiger partial charge is 0.262 e. The summed E-state index contributed by atoms with van der Waals surface area (Å²) >= 11 is 0. The Morgan fingerprint density at radius 1 is 1.13 bits per heavy atom. The maximum absolute atomic E-state index is 12.9. The number of morpholine rings is 1. The van der Waals surface area contributed by atoms with Gasteiger partial charge in [-0.25, -0.2) is 8.42 Å². The van der Waals surface area contributed by atoms with Gasteiger partial charge in [-0.1, -0.05) is 12.1 Å². The Labute approximate surface area is 177 Å². The van der Waals surface area contributed by atoms with Crippen molar-refractivity contribution < 1.29 is 22.7 Å². The highest BCUT2D eigenvalue weighted by molar-refractivity contribution is 7.89. The lowest BCUT2D eigenvalue weighted by molar-refractivity contribution is -0.118. The van der Waals surface area contributed by atoms with Gasteiger partial charge in [-0.2, -0.15) is 4.31 Å². The first-order chi connectivity index (χ1) is 14.4. The second-order valence-electron chi connectivity index (χ2n) is 6.91. The van der Waals surface area contributed by atoms with E-state index in [1.165, 1.54) is 10.4 Å². The summed E-state index contributed by atoms with van der Waals surface area (Å²) in [5.41, 5.74) is 2.06. The van der Waals surface area contributed by atoms with Gasteiger partial charge in [0.25, 0.3) is 5.91 Å². The van der Waals surface area contributed by atoms with Gasteiger partial charge in [-0.05, 0) is 49.7 Å². The molecule has 9 heteroatoms. The molecule has 1 aliphatic heterocycles. The number of nitrogens with one attached hydrogen (secondary N) is 2. The van der Waals surface area contributed by atoms with E-state index in [-0.39, 0.29) is 17.4 Å². The molecule has 0 aromatic heterocycles. The third-order valence-electron chi connectivity index (χ3n) is 4.60. The lowest BCUT2D eigenvalue weighted by Gasteiger charge is -2.26. The van der Waals surface area contributed by atoms with Crippen molar-refractivity contribution in [2.24, 2.45) is 0 Å². The topological polar surface area (TPSA) is 97.0 Å². The first-order valence-electron chi connectivity index (χ1n) is 9.85. The van der Waals surface area contributed by atoms with Crippen LogP contribution in [0.4, 0.5) is 11.4 Å². The van der Waals surface area contributed by atoms with Crippen molar-refractivity contribution in [2.75, 3.05) is 50.1 Å². The molecule has 2 aromatic rings. The van der Waals surface area contributed by atoms with Crippen molar-refractivity contribution in [3.05, 3.63) is 48.0 Å². The van der Waals surface area contributed by atoms with E-state index in [9.17, 15) is 13.2 Å². The quantitative estimate of drug-likeness (QED) is 0.664. The second kappa shape index (κ2) is 9.92. The molecule has 1 saturated heterocycles. The number of ether oxygens (including phenoxy) is 2. The number of nitrogens with zero attached hydrogens (tertiary/aromatic N) is 1. The highest BCUT2D eigenvalue weighted by atomic mass is 32.2. The number of aryl methyl sites for hydroxylation is 1. The largest absolute Gasteiger partial charge is 0.484 e. The average molecular weight is 434 g/mol. The van der Waals surface area contributed by atoms with Gasteiger partial charge in [0.1, 0.15) is 5.75 Å². The average Bonchev–Trinajstić information content (AvgIpc) is 2.74. The van der Waals surface area contributed by atoms with Crippen molar-refractivity contribution in [3.8, 4) is 5.75 Å². The van der Waals surface area contributed by atoms with Crippen LogP contribution in [0.3, 0.4) is 0 Å². The summed E-state index contributed by atoms with van der Waals surface area (Å²) in [5, 5.41) is 5.90. The minimum atomic E-state index is -3.67. The number of anilines is 2. The van der Waals surface area contributed by atoms with Gasteiger partial charge in [0.05, 0.1) is 29.5 Å². The number of hydrogen-bond donors (Lipinski definition) is 2. The monoisotopic (exact) mass is 433 g/mol. The predicted octanol–water partition coefficient (Wildman–Crippen LogP) is 2.47. The van der Waals surface area contributed by atoms with Crippen LogP contribution in [0.1, 0.15) is 12.5 Å². The Bertz CT molecular complexity index is 988. The molecule has 0 unspecified atom stereocenters. The fourth-order valence-electron chi connectivity index (χ4n) is 3.11. The van der Waals surface area contributed by atoms with Crippen LogP contribution in [0.5, 0.6) is 5.75 Å². The number of amides is 1. The first kappa shape index (κ1) is 22.1. The lowest BCUT2D eigenvalue weighted by atomic mass is 10.2. The van der Waals surface area contributed by atoms with Crippen molar-refractivity contribution in [1.82, 2.24) is 4.31 Å². The molecule has 0 aliphatic carbocycles. The van der Waals surface area contributed by atoms with E-state index in [4.69, 9.17) is 9.47 Å². The Kier molecular flexibility index (Phi) is 7.30. The van der Waals surface area contributed by atoms with Crippen molar-refractivity contribution in [1.29, 1.82) is 0 Å². The van der Waals surface area contributed by atoms with Crippen LogP contribution in [-0.2, 0) is 19.6 Å². The Balaban J connectivity index is 1.76. The van der Waals surface area contributed by atoms with E-state index in [1.807, 2.05) is 32.0 Å². The third-order valence-corrected chi connectivity index (χ3v) is 6.49. The Hall–Kier alpha value is -2.62. The summed E-state index contributed by atoms with van der Waals surface area (Å²) < 4.78 is 38.1. The molecular weight excluding hydrogens is 406 g/mol. The van der Waals surface area contributed by atoms with E-state index >= 15 is 0 Å².